The molecular formula is C38H47NO18. The van der Waals surface area contributed by atoms with Crippen LogP contribution in [0.2, 0.25) is 0 Å². The number of aryl methyl sites for hydroxylation is 1. The summed E-state index contributed by atoms with van der Waals surface area (Å²) in [6.45, 7) is 8.17. The number of cyclic esters (lactones) is 1. The second kappa shape index (κ2) is 15.6. The van der Waals surface area contributed by atoms with Gasteiger partial charge in [0.1, 0.15) is 42.0 Å². The zero-order valence-corrected chi connectivity index (χ0v) is 33.0. The number of hydrogen-bond acceptors (Lipinski definition) is 19. The summed E-state index contributed by atoms with van der Waals surface area (Å²) >= 11 is 0. The van der Waals surface area contributed by atoms with Gasteiger partial charge in [0.05, 0.1) is 17.4 Å². The fourth-order valence-electron chi connectivity index (χ4n) is 9.18. The van der Waals surface area contributed by atoms with Crippen LogP contribution in [0.5, 0.6) is 0 Å². The summed E-state index contributed by atoms with van der Waals surface area (Å²) in [5, 5.41) is 13.4. The Morgan fingerprint density at radius 3 is 1.91 bits per heavy atom. The number of nitrogens with zero attached hydrogens (tertiary/aromatic N) is 1. The number of aromatic nitrogens is 1. The van der Waals surface area contributed by atoms with Gasteiger partial charge in [0.25, 0.3) is 0 Å². The van der Waals surface area contributed by atoms with Crippen molar-refractivity contribution in [3.8, 4) is 0 Å². The van der Waals surface area contributed by atoms with E-state index in [2.05, 4.69) is 4.98 Å². The summed E-state index contributed by atoms with van der Waals surface area (Å²) in [7, 11) is 0. The third-order valence-electron chi connectivity index (χ3n) is 11.2. The molecule has 3 heterocycles. The minimum absolute atomic E-state index is 0.0290. The Bertz CT molecular complexity index is 1840. The molecule has 2 aliphatic heterocycles. The van der Waals surface area contributed by atoms with Crippen molar-refractivity contribution in [2.24, 2.45) is 17.3 Å². The zero-order valence-electron chi connectivity index (χ0n) is 33.0. The van der Waals surface area contributed by atoms with E-state index in [4.69, 9.17) is 42.6 Å². The molecule has 4 aliphatic rings. The van der Waals surface area contributed by atoms with Crippen LogP contribution in [0.1, 0.15) is 84.7 Å². The maximum absolute atomic E-state index is 14.1. The highest BCUT2D eigenvalue weighted by Gasteiger charge is 2.92. The monoisotopic (exact) mass is 805 g/mol. The number of pyridine rings is 1. The summed E-state index contributed by atoms with van der Waals surface area (Å²) in [5.41, 5.74) is -9.68. The van der Waals surface area contributed by atoms with Crippen LogP contribution in [0.25, 0.3) is 0 Å². The zero-order chi connectivity index (χ0) is 42.4. The van der Waals surface area contributed by atoms with E-state index in [9.17, 15) is 43.5 Å². The molecule has 312 valence electrons. The Balaban J connectivity index is 1.99. The number of carbonyl (C=O) groups excluding carboxylic acids is 8. The first kappa shape index (κ1) is 43.0. The number of aliphatic hydroxyl groups is 1. The number of esters is 8. The fraction of sp³-hybridized carbons (Fsp3) is 0.658. The van der Waals surface area contributed by atoms with E-state index in [1.807, 2.05) is 0 Å². The van der Waals surface area contributed by atoms with Crippen LogP contribution in [0, 0.1) is 17.3 Å². The molecule has 0 radical (unpaired) electrons. The van der Waals surface area contributed by atoms with E-state index in [-0.39, 0.29) is 18.4 Å². The first-order valence-corrected chi connectivity index (χ1v) is 18.3. The standard InChI is InChI=1S/C38H47NO18/c1-17-10-11-24-12-13-39-14-25(24)34(47)50-15-35(8)26-27(51-19(3)41)31(54-22(6)44)37(16-49-18(2)40)32(55-23(7)45)28(52-20(4)42)30(56-33(17)46)36(9,48)38(37,57-35)29(26)53-21(5)43/h12-14,17,26-32,48H,10-11,15-16H2,1-9H3/t17-,26+,27+,28-,29+,30-,31+,32-,35-,36+,37+,38-/m0/s1. The van der Waals surface area contributed by atoms with Crippen molar-refractivity contribution in [3.63, 3.8) is 0 Å². The van der Waals surface area contributed by atoms with Crippen molar-refractivity contribution in [1.29, 1.82) is 0 Å². The van der Waals surface area contributed by atoms with Crippen molar-refractivity contribution in [2.45, 2.75) is 129 Å². The Kier molecular flexibility index (Phi) is 11.8. The lowest BCUT2D eigenvalue weighted by molar-refractivity contribution is -0.386. The predicted molar refractivity (Wildman–Crippen MR) is 185 cm³/mol. The lowest BCUT2D eigenvalue weighted by atomic mass is 9.45. The summed E-state index contributed by atoms with van der Waals surface area (Å²) < 4.78 is 54.2. The minimum atomic E-state index is -2.80. The highest BCUT2D eigenvalue weighted by Crippen LogP contribution is 2.70. The molecule has 12 atom stereocenters. The SMILES string of the molecule is CC(=O)OC[C@]12[C@H](OC(C)=O)[C@H](OC(C)=O)[C@@H]3[C@@H](OC(C)=O)[C@@]14O[C@@]3(C)COC(=O)c1cnccc1CC[C@H](C)C(=O)O[C@@H]([C@H](OC(C)=O)[C@@H]2OC(C)=O)[C@@]4(C)O. The van der Waals surface area contributed by atoms with E-state index in [0.717, 1.165) is 48.5 Å². The van der Waals surface area contributed by atoms with Gasteiger partial charge in [-0.1, -0.05) is 6.92 Å². The van der Waals surface area contributed by atoms with Gasteiger partial charge in [0.15, 0.2) is 30.0 Å². The summed E-state index contributed by atoms with van der Waals surface area (Å²) in [6, 6.07) is 1.56. The minimum Gasteiger partial charge on any atom is -0.465 e. The van der Waals surface area contributed by atoms with E-state index in [0.29, 0.717) is 5.56 Å². The Labute approximate surface area is 327 Å². The number of hydrogen-bond donors (Lipinski definition) is 1. The second-order valence-corrected chi connectivity index (χ2v) is 15.3. The largest absolute Gasteiger partial charge is 0.465 e. The highest BCUT2D eigenvalue weighted by atomic mass is 16.7. The van der Waals surface area contributed by atoms with Crippen molar-refractivity contribution < 1.29 is 86.1 Å². The quantitative estimate of drug-likeness (QED) is 0.296. The average Bonchev–Trinajstić information content (AvgIpc) is 3.32. The van der Waals surface area contributed by atoms with E-state index in [1.54, 1.807) is 6.07 Å². The molecule has 1 N–H and O–H groups in total. The lowest BCUT2D eigenvalue weighted by Gasteiger charge is -2.67. The van der Waals surface area contributed by atoms with Crippen LogP contribution < -0.4 is 0 Å². The van der Waals surface area contributed by atoms with Crippen molar-refractivity contribution in [1.82, 2.24) is 4.98 Å². The summed E-state index contributed by atoms with van der Waals surface area (Å²) in [6.07, 6.45) is -8.92. The molecule has 3 fully saturated rings. The van der Waals surface area contributed by atoms with E-state index >= 15 is 0 Å². The van der Waals surface area contributed by atoms with Crippen LogP contribution in [0.4, 0.5) is 0 Å². The molecule has 19 heteroatoms. The van der Waals surface area contributed by atoms with Gasteiger partial charge in [-0.25, -0.2) is 4.79 Å². The first-order chi connectivity index (χ1) is 26.5. The number of fused-ring (bicyclic) bond motifs is 5. The van der Waals surface area contributed by atoms with Crippen LogP contribution in [-0.4, -0.2) is 124 Å². The molecule has 0 unspecified atom stereocenters. The molecule has 5 rings (SSSR count). The highest BCUT2D eigenvalue weighted by molar-refractivity contribution is 5.90. The number of carbonyl (C=O) groups is 8. The Hall–Kier alpha value is -5.17. The van der Waals surface area contributed by atoms with Gasteiger partial charge in [0, 0.05) is 53.9 Å². The predicted octanol–water partition coefficient (Wildman–Crippen LogP) is 0.863. The summed E-state index contributed by atoms with van der Waals surface area (Å²) in [4.78, 5) is 111. The molecule has 2 aliphatic carbocycles. The molecule has 19 nitrogen and oxygen atoms in total. The van der Waals surface area contributed by atoms with Crippen molar-refractivity contribution in [3.05, 3.63) is 29.6 Å². The van der Waals surface area contributed by atoms with Crippen LogP contribution >= 0.6 is 0 Å². The fourth-order valence-corrected chi connectivity index (χ4v) is 9.18. The molecule has 0 amide bonds. The molecule has 1 spiro atoms. The summed E-state index contributed by atoms with van der Waals surface area (Å²) in [5.74, 6) is -10.5. The number of ether oxygens (including phenoxy) is 9. The van der Waals surface area contributed by atoms with Gasteiger partial charge in [-0.3, -0.25) is 38.5 Å². The van der Waals surface area contributed by atoms with Gasteiger partial charge in [-0.2, -0.15) is 0 Å². The topological polar surface area (TPSA) is 253 Å². The maximum Gasteiger partial charge on any atom is 0.340 e. The lowest BCUT2D eigenvalue weighted by Crippen LogP contribution is -2.89. The average molecular weight is 806 g/mol. The van der Waals surface area contributed by atoms with Crippen molar-refractivity contribution >= 4 is 47.8 Å². The van der Waals surface area contributed by atoms with Gasteiger partial charge in [0.2, 0.25) is 0 Å². The first-order valence-electron chi connectivity index (χ1n) is 18.3. The normalized spacial score (nSPS) is 37.1. The van der Waals surface area contributed by atoms with E-state index in [1.165, 1.54) is 26.2 Å². The maximum atomic E-state index is 14.1. The molecule has 0 aromatic carbocycles. The molecule has 1 aromatic heterocycles. The third-order valence-corrected chi connectivity index (χ3v) is 11.2. The Morgan fingerprint density at radius 1 is 0.807 bits per heavy atom. The molecular weight excluding hydrogens is 758 g/mol. The van der Waals surface area contributed by atoms with Crippen LogP contribution in [0.15, 0.2) is 18.5 Å². The van der Waals surface area contributed by atoms with Gasteiger partial charge in [-0.05, 0) is 38.3 Å². The molecule has 1 saturated heterocycles. The molecule has 2 saturated carbocycles. The van der Waals surface area contributed by atoms with Gasteiger partial charge < -0.3 is 47.7 Å². The smallest absolute Gasteiger partial charge is 0.340 e. The van der Waals surface area contributed by atoms with Crippen LogP contribution in [0.3, 0.4) is 0 Å². The van der Waals surface area contributed by atoms with Crippen molar-refractivity contribution in [2.75, 3.05) is 13.2 Å². The molecule has 57 heavy (non-hydrogen) atoms. The van der Waals surface area contributed by atoms with Gasteiger partial charge >= 0.3 is 47.8 Å². The van der Waals surface area contributed by atoms with E-state index < -0.39 is 132 Å². The van der Waals surface area contributed by atoms with Gasteiger partial charge in [-0.15, -0.1) is 0 Å². The van der Waals surface area contributed by atoms with Crippen LogP contribution in [-0.2, 0) is 82.6 Å². The molecule has 1 aromatic rings. The third kappa shape index (κ3) is 7.30. The Morgan fingerprint density at radius 2 is 1.35 bits per heavy atom. The molecule has 4 bridgehead atoms. The number of rotatable bonds is 7. The second-order valence-electron chi connectivity index (χ2n) is 15.3.